The van der Waals surface area contributed by atoms with E-state index in [0.29, 0.717) is 5.56 Å². The summed E-state index contributed by atoms with van der Waals surface area (Å²) in [4.78, 5) is 18.1. The van der Waals surface area contributed by atoms with Crippen molar-refractivity contribution in [3.63, 3.8) is 0 Å². The third-order valence-electron chi connectivity index (χ3n) is 4.05. The number of nitro benzene ring substituents is 1. The molecule has 0 aliphatic heterocycles. The van der Waals surface area contributed by atoms with Gasteiger partial charge in [0.1, 0.15) is 0 Å². The largest absolute Gasteiger partial charge is 2.00 e. The Labute approximate surface area is 195 Å². The third-order valence-corrected chi connectivity index (χ3v) is 4.05. The molecule has 0 aliphatic rings. The fourth-order valence-corrected chi connectivity index (χ4v) is 2.55. The van der Waals surface area contributed by atoms with Crippen LogP contribution in [0.25, 0.3) is 16.6 Å². The predicted molar refractivity (Wildman–Crippen MR) is 112 cm³/mol. The molecule has 3 aromatic carbocycles. The predicted octanol–water partition coefficient (Wildman–Crippen LogP) is 4.29. The Morgan fingerprint density at radius 2 is 1.66 bits per heavy atom. The summed E-state index contributed by atoms with van der Waals surface area (Å²) >= 11 is 0. The molecule has 0 unspecified atom stereocenters. The normalized spacial score (nSPS) is 9.88. The van der Waals surface area contributed by atoms with E-state index in [4.69, 9.17) is 5.73 Å². The maximum Gasteiger partial charge on any atom is 0.268 e. The minimum absolute atomic E-state index is 0. The van der Waals surface area contributed by atoms with Crippen molar-refractivity contribution in [3.8, 4) is 11.5 Å². The average Bonchev–Trinajstić information content (AvgIpc) is 2.75. The zero-order chi connectivity index (χ0) is 21.5. The molecule has 163 valence electrons. The maximum absolute atomic E-state index is 11.6. The van der Waals surface area contributed by atoms with Crippen molar-refractivity contribution in [2.24, 2.45) is 4.99 Å². The van der Waals surface area contributed by atoms with Crippen molar-refractivity contribution >= 4 is 34.2 Å². The second-order valence-corrected chi connectivity index (χ2v) is 6.09. The molecule has 0 saturated carbocycles. The van der Waals surface area contributed by atoms with Crippen molar-refractivity contribution < 1.29 is 39.2 Å². The van der Waals surface area contributed by atoms with Gasteiger partial charge in [0.2, 0.25) is 0 Å². The van der Waals surface area contributed by atoms with E-state index in [2.05, 4.69) is 9.98 Å². The van der Waals surface area contributed by atoms with Gasteiger partial charge in [-0.1, -0.05) is 48.5 Å². The summed E-state index contributed by atoms with van der Waals surface area (Å²) in [5.41, 5.74) is 8.54. The monoisotopic (exact) mass is 466 g/mol. The molecule has 0 bridgehead atoms. The molecule has 0 spiro atoms. The van der Waals surface area contributed by atoms with E-state index in [9.17, 15) is 20.3 Å². The number of hydrogen-bond acceptors (Lipinski definition) is 6. The molecule has 1 N–H and O–H groups in total. The molecule has 1 heterocycles. The fraction of sp³-hybridized carbons (Fsp3) is 0. The molecule has 0 amide bonds. The van der Waals surface area contributed by atoms with Gasteiger partial charge in [0, 0.05) is 48.5 Å². The standard InChI is InChI=1S/C16H12N2O.C6H5N2O3.O.V/c19-15-9-2-1-5-13(15)11-18-14-8-3-6-12-7-4-10-17-16(12)14;7-5-3-4(8(10)11)1-2-6(5)9;;/h1-11,19H;1-3,7,9H;;/q;-1;-2;/p-2. The van der Waals surface area contributed by atoms with Gasteiger partial charge in [-0.2, -0.15) is 0 Å². The molecule has 4 rings (SSSR count). The van der Waals surface area contributed by atoms with Crippen LogP contribution >= 0.6 is 0 Å². The second kappa shape index (κ2) is 12.1. The molecule has 1 aromatic heterocycles. The Balaban J connectivity index is 0.000000342. The summed E-state index contributed by atoms with van der Waals surface area (Å²) in [5, 5.41) is 33.3. The first-order valence-electron chi connectivity index (χ1n) is 8.76. The van der Waals surface area contributed by atoms with Gasteiger partial charge in [0.15, 0.2) is 0 Å². The van der Waals surface area contributed by atoms with Crippen molar-refractivity contribution in [2.45, 2.75) is 0 Å². The Hall–Kier alpha value is -3.92. The van der Waals surface area contributed by atoms with E-state index in [1.807, 2.05) is 36.4 Å². The van der Waals surface area contributed by atoms with Gasteiger partial charge in [-0.15, -0.1) is 17.2 Å². The number of fused-ring (bicyclic) bond motifs is 1. The molecular formula is C22H15N4O5V-5. The fourth-order valence-electron chi connectivity index (χ4n) is 2.55. The molecule has 10 heteroatoms. The minimum atomic E-state index is -0.641. The molecule has 32 heavy (non-hydrogen) atoms. The van der Waals surface area contributed by atoms with E-state index in [1.165, 1.54) is 6.07 Å². The summed E-state index contributed by atoms with van der Waals surface area (Å²) < 4.78 is 0. The van der Waals surface area contributed by atoms with Gasteiger partial charge >= 0.3 is 0 Å². The molecular weight excluding hydrogens is 451 g/mol. The summed E-state index contributed by atoms with van der Waals surface area (Å²) in [7, 11) is 0. The summed E-state index contributed by atoms with van der Waals surface area (Å²) in [6, 6.07) is 19.5. The van der Waals surface area contributed by atoms with E-state index in [0.717, 1.165) is 34.8 Å². The van der Waals surface area contributed by atoms with E-state index in [-0.39, 0.29) is 41.2 Å². The Bertz CT molecular complexity index is 1230. The molecule has 9 nitrogen and oxygen atoms in total. The number of para-hydroxylation sites is 2. The van der Waals surface area contributed by atoms with Crippen molar-refractivity contribution in [1.29, 1.82) is 0 Å². The van der Waals surface area contributed by atoms with Gasteiger partial charge < -0.3 is 21.4 Å². The summed E-state index contributed by atoms with van der Waals surface area (Å²) in [6.45, 7) is 0. The molecule has 4 aromatic rings. The average molecular weight is 466 g/mol. The molecule has 0 atom stereocenters. The first kappa shape index (κ1) is 26.1. The zero-order valence-corrected chi connectivity index (χ0v) is 17.8. The molecule has 0 saturated heterocycles. The quantitative estimate of drug-likeness (QED) is 0.249. The van der Waals surface area contributed by atoms with Crippen LogP contribution in [0.2, 0.25) is 0 Å². The van der Waals surface area contributed by atoms with E-state index >= 15 is 0 Å². The third kappa shape index (κ3) is 6.54. The van der Waals surface area contributed by atoms with Gasteiger partial charge in [-0.25, -0.2) is 0 Å². The van der Waals surface area contributed by atoms with Crippen LogP contribution in [0, 0.1) is 10.1 Å². The van der Waals surface area contributed by atoms with Crippen LogP contribution in [0.5, 0.6) is 11.5 Å². The second-order valence-electron chi connectivity index (χ2n) is 6.09. The smallest absolute Gasteiger partial charge is 0.268 e. The van der Waals surface area contributed by atoms with Crippen LogP contribution in [-0.4, -0.2) is 16.1 Å². The van der Waals surface area contributed by atoms with Crippen LogP contribution in [0.1, 0.15) is 5.56 Å². The number of nitrogens with one attached hydrogen (secondary N) is 1. The van der Waals surface area contributed by atoms with Crippen molar-refractivity contribution in [3.05, 3.63) is 100 Å². The molecule has 0 fully saturated rings. The minimum Gasteiger partial charge on any atom is -2.00 e. The van der Waals surface area contributed by atoms with Crippen LogP contribution in [-0.2, 0) is 24.0 Å². The number of aromatic nitrogens is 1. The number of aliphatic imine (C=N–C) groups is 1. The number of pyridine rings is 1. The number of nitro groups is 1. The van der Waals surface area contributed by atoms with Gasteiger partial charge in [-0.05, 0) is 17.7 Å². The number of non-ortho nitro benzene ring substituents is 1. The van der Waals surface area contributed by atoms with Crippen LogP contribution in [0.3, 0.4) is 0 Å². The molecule has 0 aliphatic carbocycles. The molecule has 1 radical (unpaired) electrons. The van der Waals surface area contributed by atoms with Crippen LogP contribution < -0.4 is 10.2 Å². The Morgan fingerprint density at radius 3 is 2.34 bits per heavy atom. The summed E-state index contributed by atoms with van der Waals surface area (Å²) in [6.07, 6.45) is 3.33. The topological polar surface area (TPSA) is 167 Å². The zero-order valence-electron chi connectivity index (χ0n) is 16.4. The number of hydrogen-bond donors (Lipinski definition) is 0. The first-order chi connectivity index (χ1) is 14.5. The van der Waals surface area contributed by atoms with E-state index < -0.39 is 10.7 Å². The first-order valence-corrected chi connectivity index (χ1v) is 8.76. The van der Waals surface area contributed by atoms with Gasteiger partial charge in [0.05, 0.1) is 16.1 Å². The SMILES string of the molecule is [NH-]c1cc([N+](=O)[O-])ccc1[O-].[O-2].[O-]c1ccccc1C=Nc1cccc2cccnc12.[V]. The van der Waals surface area contributed by atoms with Gasteiger partial charge in [0.25, 0.3) is 5.69 Å². The number of nitrogens with zero attached hydrogens (tertiary/aromatic N) is 3. The van der Waals surface area contributed by atoms with Crippen LogP contribution in [0.15, 0.2) is 84.0 Å². The Morgan fingerprint density at radius 1 is 0.938 bits per heavy atom. The number of rotatable bonds is 3. The number of benzene rings is 3. The Kier molecular flexibility index (Phi) is 9.85. The summed E-state index contributed by atoms with van der Waals surface area (Å²) in [5.74, 6) is -0.532. The maximum atomic E-state index is 11.6. The van der Waals surface area contributed by atoms with Crippen molar-refractivity contribution in [1.82, 2.24) is 4.98 Å². The van der Waals surface area contributed by atoms with Crippen LogP contribution in [0.4, 0.5) is 17.1 Å². The van der Waals surface area contributed by atoms with Crippen molar-refractivity contribution in [2.75, 3.05) is 0 Å². The van der Waals surface area contributed by atoms with Gasteiger partial charge in [-0.3, -0.25) is 20.1 Å². The van der Waals surface area contributed by atoms with E-state index in [1.54, 1.807) is 24.5 Å².